The lowest BCUT2D eigenvalue weighted by molar-refractivity contribution is -0.296. The van der Waals surface area contributed by atoms with E-state index in [1.165, 1.54) is 12.8 Å². The van der Waals surface area contributed by atoms with Gasteiger partial charge in [0.15, 0.2) is 5.79 Å². The van der Waals surface area contributed by atoms with Crippen molar-refractivity contribution >= 4 is 0 Å². The fourth-order valence-electron chi connectivity index (χ4n) is 2.61. The van der Waals surface area contributed by atoms with Crippen molar-refractivity contribution in [3.05, 3.63) is 0 Å². The monoisotopic (exact) mass is 272 g/mol. The lowest BCUT2D eigenvalue weighted by Gasteiger charge is -2.43. The molecule has 0 saturated carbocycles. The van der Waals surface area contributed by atoms with Crippen molar-refractivity contribution in [1.29, 1.82) is 0 Å². The summed E-state index contributed by atoms with van der Waals surface area (Å²) >= 11 is 0. The van der Waals surface area contributed by atoms with Gasteiger partial charge < -0.3 is 9.47 Å². The Hall–Kier alpha value is -0.0800. The first kappa shape index (κ1) is 18.9. The zero-order chi connectivity index (χ0) is 14.8. The second-order valence-electron chi connectivity index (χ2n) is 5.56. The highest BCUT2D eigenvalue weighted by Gasteiger charge is 2.38. The molecule has 0 aliphatic carbocycles. The Morgan fingerprint density at radius 2 is 1.32 bits per heavy atom. The molecule has 0 aliphatic rings. The Balaban J connectivity index is 4.90. The number of unbranched alkanes of at least 4 members (excludes halogenated alkanes) is 1. The van der Waals surface area contributed by atoms with Gasteiger partial charge in [-0.25, -0.2) is 0 Å². The average molecular weight is 272 g/mol. The van der Waals surface area contributed by atoms with Crippen molar-refractivity contribution < 1.29 is 9.47 Å². The van der Waals surface area contributed by atoms with Gasteiger partial charge in [0, 0.05) is 6.61 Å². The standard InChI is InChI=1S/C17H36O2/c1-7-13-14-16(9-3,10-4)19-17(11-5,12-6)18-15-8-2/h7-15H2,1-6H3. The van der Waals surface area contributed by atoms with Gasteiger partial charge in [0.25, 0.3) is 0 Å². The van der Waals surface area contributed by atoms with E-state index in [0.29, 0.717) is 0 Å². The number of hydrogen-bond donors (Lipinski definition) is 0. The van der Waals surface area contributed by atoms with Crippen LogP contribution in [0.25, 0.3) is 0 Å². The molecule has 0 fully saturated rings. The summed E-state index contributed by atoms with van der Waals surface area (Å²) in [6.45, 7) is 14.0. The SMILES string of the molecule is CCCCC(CC)(CC)OC(CC)(CC)OCCC. The molecule has 0 aromatic heterocycles. The molecule has 2 nitrogen and oxygen atoms in total. The van der Waals surface area contributed by atoms with Crippen LogP contribution in [0.2, 0.25) is 0 Å². The maximum absolute atomic E-state index is 6.60. The van der Waals surface area contributed by atoms with Gasteiger partial charge in [0.2, 0.25) is 0 Å². The number of rotatable bonds is 12. The molecule has 0 heterocycles. The highest BCUT2D eigenvalue weighted by molar-refractivity contribution is 4.82. The molecule has 19 heavy (non-hydrogen) atoms. The first-order chi connectivity index (χ1) is 9.07. The maximum atomic E-state index is 6.60. The second-order valence-corrected chi connectivity index (χ2v) is 5.56. The van der Waals surface area contributed by atoms with Crippen molar-refractivity contribution in [1.82, 2.24) is 0 Å². The lowest BCUT2D eigenvalue weighted by atomic mass is 9.90. The van der Waals surface area contributed by atoms with E-state index in [9.17, 15) is 0 Å². The van der Waals surface area contributed by atoms with E-state index >= 15 is 0 Å². The fourth-order valence-corrected chi connectivity index (χ4v) is 2.61. The van der Waals surface area contributed by atoms with Crippen LogP contribution in [-0.4, -0.2) is 18.0 Å². The summed E-state index contributed by atoms with van der Waals surface area (Å²) in [5.41, 5.74) is -0.00420. The second kappa shape index (κ2) is 9.77. The molecule has 116 valence electrons. The Morgan fingerprint density at radius 1 is 0.737 bits per heavy atom. The molecule has 0 bridgehead atoms. The highest BCUT2D eigenvalue weighted by Crippen LogP contribution is 2.36. The Kier molecular flexibility index (Phi) is 9.72. The normalized spacial score (nSPS) is 12.9. The van der Waals surface area contributed by atoms with E-state index in [2.05, 4.69) is 41.5 Å². The summed E-state index contributed by atoms with van der Waals surface area (Å²) in [7, 11) is 0. The number of hydrogen-bond acceptors (Lipinski definition) is 2. The fraction of sp³-hybridized carbons (Fsp3) is 1.00. The molecule has 2 heteroatoms. The molecule has 0 aromatic rings. The molecule has 0 rings (SSSR count). The summed E-state index contributed by atoms with van der Waals surface area (Å²) in [6.07, 6.45) is 8.65. The van der Waals surface area contributed by atoms with E-state index < -0.39 is 0 Å². The minimum absolute atomic E-state index is 0.00420. The van der Waals surface area contributed by atoms with Gasteiger partial charge in [0.1, 0.15) is 0 Å². The predicted octanol–water partition coefficient (Wildman–Crippen LogP) is 5.69. The largest absolute Gasteiger partial charge is 0.350 e. The van der Waals surface area contributed by atoms with Crippen LogP contribution in [0.1, 0.15) is 92.9 Å². The van der Waals surface area contributed by atoms with Crippen LogP contribution in [0.4, 0.5) is 0 Å². The zero-order valence-electron chi connectivity index (χ0n) is 14.2. The summed E-state index contributed by atoms with van der Waals surface area (Å²) in [6, 6.07) is 0. The van der Waals surface area contributed by atoms with Crippen LogP contribution in [0.15, 0.2) is 0 Å². The van der Waals surface area contributed by atoms with Crippen LogP contribution in [0.5, 0.6) is 0 Å². The van der Waals surface area contributed by atoms with Crippen molar-refractivity contribution in [3.8, 4) is 0 Å². The Labute approximate surface area is 121 Å². The van der Waals surface area contributed by atoms with Gasteiger partial charge in [-0.05, 0) is 38.5 Å². The summed E-state index contributed by atoms with van der Waals surface area (Å²) in [5, 5.41) is 0. The molecule has 0 atom stereocenters. The molecule has 0 N–H and O–H groups in total. The van der Waals surface area contributed by atoms with Crippen LogP contribution in [-0.2, 0) is 9.47 Å². The van der Waals surface area contributed by atoms with Gasteiger partial charge in [-0.1, -0.05) is 54.4 Å². The van der Waals surface area contributed by atoms with E-state index in [1.807, 2.05) is 0 Å². The van der Waals surface area contributed by atoms with Crippen LogP contribution in [0, 0.1) is 0 Å². The van der Waals surface area contributed by atoms with Crippen LogP contribution >= 0.6 is 0 Å². The molecule has 0 aromatic carbocycles. The topological polar surface area (TPSA) is 18.5 Å². The lowest BCUT2D eigenvalue weighted by Crippen LogP contribution is -2.45. The quantitative estimate of drug-likeness (QED) is 0.425. The molecule has 0 saturated heterocycles. The smallest absolute Gasteiger partial charge is 0.168 e. The molecular weight excluding hydrogens is 236 g/mol. The number of ether oxygens (including phenoxy) is 2. The molecule has 0 radical (unpaired) electrons. The van der Waals surface area contributed by atoms with E-state index in [4.69, 9.17) is 9.47 Å². The van der Waals surface area contributed by atoms with Gasteiger partial charge in [-0.2, -0.15) is 0 Å². The third-order valence-electron chi connectivity index (χ3n) is 4.32. The molecule has 0 unspecified atom stereocenters. The van der Waals surface area contributed by atoms with E-state index in [-0.39, 0.29) is 11.4 Å². The van der Waals surface area contributed by atoms with Crippen LogP contribution in [0.3, 0.4) is 0 Å². The minimum atomic E-state index is -0.379. The van der Waals surface area contributed by atoms with Gasteiger partial charge >= 0.3 is 0 Å². The third kappa shape index (κ3) is 5.83. The summed E-state index contributed by atoms with van der Waals surface area (Å²) in [4.78, 5) is 0. The molecular formula is C17H36O2. The molecule has 0 spiro atoms. The molecule has 0 amide bonds. The van der Waals surface area contributed by atoms with Crippen molar-refractivity contribution in [2.24, 2.45) is 0 Å². The van der Waals surface area contributed by atoms with Crippen molar-refractivity contribution in [2.75, 3.05) is 6.61 Å². The Bertz CT molecular complexity index is 183. The van der Waals surface area contributed by atoms with Gasteiger partial charge in [-0.15, -0.1) is 0 Å². The summed E-state index contributed by atoms with van der Waals surface area (Å²) < 4.78 is 12.7. The van der Waals surface area contributed by atoms with Gasteiger partial charge in [0.05, 0.1) is 5.60 Å². The molecule has 0 aliphatic heterocycles. The van der Waals surface area contributed by atoms with Crippen LogP contribution < -0.4 is 0 Å². The van der Waals surface area contributed by atoms with Crippen molar-refractivity contribution in [3.63, 3.8) is 0 Å². The Morgan fingerprint density at radius 3 is 1.68 bits per heavy atom. The minimum Gasteiger partial charge on any atom is -0.350 e. The van der Waals surface area contributed by atoms with Crippen molar-refractivity contribution in [2.45, 2.75) is 104 Å². The zero-order valence-corrected chi connectivity index (χ0v) is 14.2. The highest BCUT2D eigenvalue weighted by atomic mass is 16.7. The first-order valence-electron chi connectivity index (χ1n) is 8.41. The van der Waals surface area contributed by atoms with E-state index in [0.717, 1.165) is 45.1 Å². The maximum Gasteiger partial charge on any atom is 0.168 e. The first-order valence-corrected chi connectivity index (χ1v) is 8.41. The summed E-state index contributed by atoms with van der Waals surface area (Å²) in [5.74, 6) is -0.379. The average Bonchev–Trinajstić information content (AvgIpc) is 2.48. The van der Waals surface area contributed by atoms with E-state index in [1.54, 1.807) is 0 Å². The third-order valence-corrected chi connectivity index (χ3v) is 4.32. The predicted molar refractivity (Wildman–Crippen MR) is 83.5 cm³/mol. The van der Waals surface area contributed by atoms with Gasteiger partial charge in [-0.3, -0.25) is 0 Å².